The van der Waals surface area contributed by atoms with Crippen molar-refractivity contribution >= 4 is 0 Å². The Bertz CT molecular complexity index is 339. The summed E-state index contributed by atoms with van der Waals surface area (Å²) >= 11 is 0. The molecule has 1 fully saturated rings. The molecule has 94 valence electrons. The number of nitrogens with one attached hydrogen (secondary N) is 1. The smallest absolute Gasteiger partial charge is 0.00793 e. The fourth-order valence-corrected chi connectivity index (χ4v) is 2.82. The lowest BCUT2D eigenvalue weighted by Gasteiger charge is -2.18. The molecule has 2 rings (SSSR count). The highest BCUT2D eigenvalue weighted by Gasteiger charge is 2.15. The van der Waals surface area contributed by atoms with E-state index in [9.17, 15) is 0 Å². The van der Waals surface area contributed by atoms with Gasteiger partial charge in [0.15, 0.2) is 0 Å². The Morgan fingerprint density at radius 2 is 1.94 bits per heavy atom. The zero-order valence-electron chi connectivity index (χ0n) is 11.2. The number of benzene rings is 1. The van der Waals surface area contributed by atoms with Crippen molar-refractivity contribution in [3.63, 3.8) is 0 Å². The van der Waals surface area contributed by atoms with Crippen LogP contribution in [0.1, 0.15) is 43.7 Å². The standard InChI is InChI=1S/C16H25N/c1-13-7-3-6-10-16(13)11-14(2)17-12-15-8-4-5-9-15/h3,6-7,10,14-15,17H,4-5,8-9,11-12H2,1-2H3. The second-order valence-corrected chi connectivity index (χ2v) is 5.59. The molecule has 0 spiro atoms. The average Bonchev–Trinajstić information content (AvgIpc) is 2.82. The second kappa shape index (κ2) is 6.20. The van der Waals surface area contributed by atoms with Crippen LogP contribution in [0.2, 0.25) is 0 Å². The predicted molar refractivity (Wildman–Crippen MR) is 74.3 cm³/mol. The summed E-state index contributed by atoms with van der Waals surface area (Å²) in [6.07, 6.45) is 6.91. The molecule has 1 aromatic rings. The average molecular weight is 231 g/mol. The van der Waals surface area contributed by atoms with Gasteiger partial charge in [-0.2, -0.15) is 0 Å². The van der Waals surface area contributed by atoms with Crippen LogP contribution >= 0.6 is 0 Å². The van der Waals surface area contributed by atoms with Crippen molar-refractivity contribution in [1.82, 2.24) is 5.32 Å². The van der Waals surface area contributed by atoms with Crippen LogP contribution in [0.5, 0.6) is 0 Å². The van der Waals surface area contributed by atoms with E-state index in [4.69, 9.17) is 0 Å². The number of hydrogen-bond acceptors (Lipinski definition) is 1. The summed E-state index contributed by atoms with van der Waals surface area (Å²) in [5.74, 6) is 0.939. The van der Waals surface area contributed by atoms with E-state index in [2.05, 4.69) is 43.4 Å². The van der Waals surface area contributed by atoms with Crippen LogP contribution in [-0.4, -0.2) is 12.6 Å². The molecule has 1 unspecified atom stereocenters. The van der Waals surface area contributed by atoms with Crippen LogP contribution in [0.15, 0.2) is 24.3 Å². The Morgan fingerprint density at radius 1 is 1.24 bits per heavy atom. The molecule has 0 amide bonds. The molecule has 1 aliphatic rings. The number of hydrogen-bond donors (Lipinski definition) is 1. The van der Waals surface area contributed by atoms with Gasteiger partial charge in [0.2, 0.25) is 0 Å². The molecule has 0 aliphatic heterocycles. The fourth-order valence-electron chi connectivity index (χ4n) is 2.82. The third-order valence-electron chi connectivity index (χ3n) is 4.02. The monoisotopic (exact) mass is 231 g/mol. The summed E-state index contributed by atoms with van der Waals surface area (Å²) in [7, 11) is 0. The van der Waals surface area contributed by atoms with E-state index in [1.165, 1.54) is 43.4 Å². The van der Waals surface area contributed by atoms with E-state index in [1.54, 1.807) is 0 Å². The molecule has 0 radical (unpaired) electrons. The van der Waals surface area contributed by atoms with Gasteiger partial charge in [0.05, 0.1) is 0 Å². The molecule has 17 heavy (non-hydrogen) atoms. The van der Waals surface area contributed by atoms with E-state index in [1.807, 2.05) is 0 Å². The molecule has 1 aliphatic carbocycles. The summed E-state index contributed by atoms with van der Waals surface area (Å²) in [5, 5.41) is 3.70. The highest BCUT2D eigenvalue weighted by molar-refractivity contribution is 5.26. The Kier molecular flexibility index (Phi) is 4.61. The van der Waals surface area contributed by atoms with Gasteiger partial charge in [-0.3, -0.25) is 0 Å². The predicted octanol–water partition coefficient (Wildman–Crippen LogP) is 3.71. The zero-order valence-corrected chi connectivity index (χ0v) is 11.2. The lowest BCUT2D eigenvalue weighted by atomic mass is 10.0. The third-order valence-corrected chi connectivity index (χ3v) is 4.02. The first-order chi connectivity index (χ1) is 8.25. The van der Waals surface area contributed by atoms with Crippen molar-refractivity contribution in [3.05, 3.63) is 35.4 Å². The van der Waals surface area contributed by atoms with Gasteiger partial charge in [-0.15, -0.1) is 0 Å². The zero-order chi connectivity index (χ0) is 12.1. The Labute approximate surface area is 106 Å². The van der Waals surface area contributed by atoms with Gasteiger partial charge in [0.25, 0.3) is 0 Å². The topological polar surface area (TPSA) is 12.0 Å². The van der Waals surface area contributed by atoms with Crippen LogP contribution in [0.4, 0.5) is 0 Å². The van der Waals surface area contributed by atoms with E-state index >= 15 is 0 Å². The van der Waals surface area contributed by atoms with Crippen LogP contribution in [0.3, 0.4) is 0 Å². The van der Waals surface area contributed by atoms with Gasteiger partial charge in [-0.1, -0.05) is 37.1 Å². The molecule has 0 aromatic heterocycles. The van der Waals surface area contributed by atoms with E-state index in [-0.39, 0.29) is 0 Å². The molecular weight excluding hydrogens is 206 g/mol. The molecule has 1 heteroatoms. The molecule has 1 nitrogen and oxygen atoms in total. The lowest BCUT2D eigenvalue weighted by molar-refractivity contribution is 0.443. The second-order valence-electron chi connectivity index (χ2n) is 5.59. The summed E-state index contributed by atoms with van der Waals surface area (Å²) in [6, 6.07) is 9.32. The highest BCUT2D eigenvalue weighted by atomic mass is 14.9. The van der Waals surface area contributed by atoms with Crippen molar-refractivity contribution < 1.29 is 0 Å². The van der Waals surface area contributed by atoms with Gasteiger partial charge in [0.1, 0.15) is 0 Å². The Morgan fingerprint density at radius 3 is 2.65 bits per heavy atom. The molecule has 1 N–H and O–H groups in total. The summed E-state index contributed by atoms with van der Waals surface area (Å²) in [5.41, 5.74) is 2.90. The maximum Gasteiger partial charge on any atom is 0.00793 e. The number of aryl methyl sites for hydroxylation is 1. The van der Waals surface area contributed by atoms with E-state index in [0.717, 1.165) is 12.3 Å². The SMILES string of the molecule is Cc1ccccc1CC(C)NCC1CCCC1. The minimum Gasteiger partial charge on any atom is -0.314 e. The molecule has 0 bridgehead atoms. The first-order valence-electron chi connectivity index (χ1n) is 7.03. The molecule has 1 saturated carbocycles. The van der Waals surface area contributed by atoms with E-state index in [0.29, 0.717) is 6.04 Å². The van der Waals surface area contributed by atoms with Crippen molar-refractivity contribution in [2.75, 3.05) is 6.54 Å². The molecular formula is C16H25N. The van der Waals surface area contributed by atoms with Crippen molar-refractivity contribution in [2.24, 2.45) is 5.92 Å². The van der Waals surface area contributed by atoms with Crippen molar-refractivity contribution in [1.29, 1.82) is 0 Å². The van der Waals surface area contributed by atoms with Gasteiger partial charge < -0.3 is 5.32 Å². The first kappa shape index (κ1) is 12.6. The molecule has 0 heterocycles. The van der Waals surface area contributed by atoms with Crippen molar-refractivity contribution in [2.45, 2.75) is 52.0 Å². The Hall–Kier alpha value is -0.820. The van der Waals surface area contributed by atoms with Crippen LogP contribution in [-0.2, 0) is 6.42 Å². The highest BCUT2D eigenvalue weighted by Crippen LogP contribution is 2.23. The minimum atomic E-state index is 0.594. The van der Waals surface area contributed by atoms with E-state index < -0.39 is 0 Å². The molecule has 1 aromatic carbocycles. The summed E-state index contributed by atoms with van der Waals surface area (Å²) < 4.78 is 0. The fraction of sp³-hybridized carbons (Fsp3) is 0.625. The van der Waals surface area contributed by atoms with Crippen LogP contribution in [0.25, 0.3) is 0 Å². The quantitative estimate of drug-likeness (QED) is 0.814. The van der Waals surface area contributed by atoms with Crippen LogP contribution in [0, 0.1) is 12.8 Å². The lowest BCUT2D eigenvalue weighted by Crippen LogP contribution is -2.32. The van der Waals surface area contributed by atoms with Crippen LogP contribution < -0.4 is 5.32 Å². The van der Waals surface area contributed by atoms with Gasteiger partial charge in [-0.05, 0) is 56.7 Å². The summed E-state index contributed by atoms with van der Waals surface area (Å²) in [6.45, 7) is 5.73. The largest absolute Gasteiger partial charge is 0.314 e. The Balaban J connectivity index is 1.76. The molecule has 1 atom stereocenters. The number of rotatable bonds is 5. The summed E-state index contributed by atoms with van der Waals surface area (Å²) in [4.78, 5) is 0. The molecule has 0 saturated heterocycles. The van der Waals surface area contributed by atoms with Gasteiger partial charge >= 0.3 is 0 Å². The van der Waals surface area contributed by atoms with Gasteiger partial charge in [0, 0.05) is 6.04 Å². The maximum absolute atomic E-state index is 3.70. The van der Waals surface area contributed by atoms with Crippen molar-refractivity contribution in [3.8, 4) is 0 Å². The normalized spacial score (nSPS) is 18.5. The van der Waals surface area contributed by atoms with Gasteiger partial charge in [-0.25, -0.2) is 0 Å². The maximum atomic E-state index is 3.70. The first-order valence-corrected chi connectivity index (χ1v) is 7.03. The minimum absolute atomic E-state index is 0.594. The third kappa shape index (κ3) is 3.85.